The van der Waals surface area contributed by atoms with Crippen LogP contribution in [0.25, 0.3) is 0 Å². The van der Waals surface area contributed by atoms with Gasteiger partial charge in [-0.05, 0) is 44.2 Å². The zero-order chi connectivity index (χ0) is 65.6. The van der Waals surface area contributed by atoms with Crippen LogP contribution in [-0.2, 0) is 0 Å². The van der Waals surface area contributed by atoms with Crippen LogP contribution in [0.2, 0.25) is 0 Å². The summed E-state index contributed by atoms with van der Waals surface area (Å²) in [6.45, 7) is 0. The van der Waals surface area contributed by atoms with Gasteiger partial charge in [-0.1, -0.05) is 0 Å². The minimum Gasteiger partial charge on any atom is -0.200 e. The van der Waals surface area contributed by atoms with E-state index in [0.29, 0.717) is 0 Å². The molecule has 1 unspecified atom stereocenters. The van der Waals surface area contributed by atoms with Crippen LogP contribution in [0.3, 0.4) is 0 Å². The minimum absolute atomic E-state index is 1.88. The van der Waals surface area contributed by atoms with Crippen molar-refractivity contribution in [3.05, 3.63) is 0 Å². The van der Waals surface area contributed by atoms with Crippen LogP contribution < -0.4 is 0 Å². The molecule has 48 heteroatoms. The van der Waals surface area contributed by atoms with Crippen LogP contribution >= 0.6 is 7.92 Å². The van der Waals surface area contributed by atoms with Gasteiger partial charge in [0.1, 0.15) is 0 Å². The lowest BCUT2D eigenvalue weighted by atomic mass is 9.88. The van der Waals surface area contributed by atoms with Crippen LogP contribution in [0, 0.1) is 0 Å². The van der Waals surface area contributed by atoms with Gasteiger partial charge in [-0.15, -0.1) is 7.92 Å². The average molecular weight is 1330 g/mol. The largest absolute Gasteiger partial charge is 0.460 e. The van der Waals surface area contributed by atoms with Gasteiger partial charge in [0.15, 0.2) is 0 Å². The molecule has 0 aromatic carbocycles. The van der Waals surface area contributed by atoms with E-state index in [4.69, 9.17) is 0 Å². The Bertz CT molecular complexity index is 2060. The molecule has 0 amide bonds. The molecule has 0 N–H and O–H groups in total. The van der Waals surface area contributed by atoms with E-state index >= 15 is 0 Å². The zero-order valence-electron chi connectivity index (χ0n) is 36.3. The number of hydrogen-bond donors (Lipinski definition) is 0. The highest BCUT2D eigenvalue weighted by molar-refractivity contribution is 7.57. The molecule has 0 heterocycles. The molecule has 80 heavy (non-hydrogen) atoms. The molecule has 0 nitrogen and oxygen atoms in total. The standard InChI is InChI=1S/C32H20F47P/c33-11(34,14(39,40)17(45,46)20(51,52)22(55,56)25(61,62)28(67,68)31(74,75)76)5-1-2-8-80(10-4-7-13(37,38)16(43,44)19(49,50)24(59,60)27(65,66)30(71,72)73)9-3-6-12(35,36)15(41,42)18(47,48)21(53,54)23(57,58)26(63,64)29(69,70)32(77,78)79/h1-10H2. The third-order valence-corrected chi connectivity index (χ3v) is 13.6. The Morgan fingerprint density at radius 1 is 0.150 bits per heavy atom. The molecule has 1 atom stereocenters. The quantitative estimate of drug-likeness (QED) is 0.0398. The van der Waals surface area contributed by atoms with Crippen molar-refractivity contribution in [2.75, 3.05) is 18.5 Å². The first-order valence-electron chi connectivity index (χ1n) is 19.1. The fourth-order valence-corrected chi connectivity index (χ4v) is 8.29. The Morgan fingerprint density at radius 2 is 0.287 bits per heavy atom. The Labute approximate surface area is 409 Å². The van der Waals surface area contributed by atoms with E-state index in [1.807, 2.05) is 0 Å². The van der Waals surface area contributed by atoms with Gasteiger partial charge in [-0.3, -0.25) is 0 Å². The van der Waals surface area contributed by atoms with Crippen LogP contribution in [0.5, 0.6) is 0 Å². The molecule has 0 aliphatic rings. The van der Waals surface area contributed by atoms with E-state index < -0.39 is 202 Å². The number of rotatable bonds is 29. The van der Waals surface area contributed by atoms with Gasteiger partial charge in [-0.25, -0.2) is 0 Å². The van der Waals surface area contributed by atoms with Gasteiger partial charge in [0.2, 0.25) is 0 Å². The SMILES string of the molecule is FC(F)(F)C(F)(F)C(F)(F)C(F)(F)C(F)(F)C(F)(F)CCCP(CCCCC(F)(F)C(F)(F)C(F)(F)C(F)(F)C(F)(F)C(F)(F)C(F)(F)C(F)(F)F)CCCC(F)(F)C(F)(F)C(F)(F)C(F)(F)C(F)(F)C(F)(F)C(F)(F)C(F)(F)F. The van der Waals surface area contributed by atoms with Gasteiger partial charge in [-0.2, -0.15) is 206 Å². The van der Waals surface area contributed by atoms with Crippen molar-refractivity contribution >= 4 is 7.92 Å². The van der Waals surface area contributed by atoms with Crippen molar-refractivity contribution in [3.63, 3.8) is 0 Å². The van der Waals surface area contributed by atoms with Gasteiger partial charge in [0, 0.05) is 19.3 Å². The summed E-state index contributed by atoms with van der Waals surface area (Å²) in [6, 6.07) is 0. The Kier molecular flexibility index (Phi) is 20.5. The molecule has 482 valence electrons. The van der Waals surface area contributed by atoms with Gasteiger partial charge in [0.25, 0.3) is 0 Å². The lowest BCUT2D eigenvalue weighted by molar-refractivity contribution is -0.461. The molecule has 0 rings (SSSR count). The smallest absolute Gasteiger partial charge is 0.200 e. The number of alkyl halides is 47. The van der Waals surface area contributed by atoms with E-state index in [-0.39, 0.29) is 0 Å². The molecule has 0 bridgehead atoms. The van der Waals surface area contributed by atoms with Crippen LogP contribution in [0.4, 0.5) is 206 Å². The summed E-state index contributed by atoms with van der Waals surface area (Å²) in [6.07, 6.45) is -50.3. The highest BCUT2D eigenvalue weighted by Gasteiger charge is 2.97. The lowest BCUT2D eigenvalue weighted by Gasteiger charge is -2.43. The highest BCUT2D eigenvalue weighted by Crippen LogP contribution is 2.67. The monoisotopic (exact) mass is 1330 g/mol. The summed E-state index contributed by atoms with van der Waals surface area (Å²) in [5.74, 6) is -163. The third-order valence-electron chi connectivity index (χ3n) is 10.7. The van der Waals surface area contributed by atoms with E-state index in [2.05, 4.69) is 0 Å². The molecule has 0 spiro atoms. The topological polar surface area (TPSA) is 0 Å². The lowest BCUT2D eigenvalue weighted by Crippen LogP contribution is -2.74. The molecule has 0 radical (unpaired) electrons. The van der Waals surface area contributed by atoms with Crippen molar-refractivity contribution in [1.82, 2.24) is 0 Å². The predicted molar refractivity (Wildman–Crippen MR) is 166 cm³/mol. The van der Waals surface area contributed by atoms with Crippen molar-refractivity contribution in [2.45, 2.75) is 176 Å². The molecule has 0 aliphatic heterocycles. The van der Waals surface area contributed by atoms with Gasteiger partial charge >= 0.3 is 131 Å². The summed E-state index contributed by atoms with van der Waals surface area (Å²) >= 11 is 0. The molecule has 0 aromatic heterocycles. The van der Waals surface area contributed by atoms with E-state index in [0.717, 1.165) is 0 Å². The highest BCUT2D eigenvalue weighted by atomic mass is 31.1. The number of unbranched alkanes of at least 4 members (excludes halogenated alkanes) is 1. The first-order valence-corrected chi connectivity index (χ1v) is 21.0. The molecular weight excluding hydrogens is 1310 g/mol. The molecule has 0 aromatic rings. The fourth-order valence-electron chi connectivity index (χ4n) is 5.73. The van der Waals surface area contributed by atoms with Crippen LogP contribution in [-0.4, -0.2) is 150 Å². The van der Waals surface area contributed by atoms with Gasteiger partial charge in [0.05, 0.1) is 0 Å². The number of hydrogen-bond acceptors (Lipinski definition) is 0. The maximum absolute atomic E-state index is 14.5. The molecule has 0 fully saturated rings. The first-order chi connectivity index (χ1) is 34.0. The van der Waals surface area contributed by atoms with Crippen molar-refractivity contribution in [1.29, 1.82) is 0 Å². The summed E-state index contributed by atoms with van der Waals surface area (Å²) in [4.78, 5) is 0. The summed E-state index contributed by atoms with van der Waals surface area (Å²) in [5.41, 5.74) is 0. The maximum Gasteiger partial charge on any atom is 0.460 e. The van der Waals surface area contributed by atoms with Crippen molar-refractivity contribution < 1.29 is 206 Å². The van der Waals surface area contributed by atoms with Gasteiger partial charge < -0.3 is 0 Å². The minimum atomic E-state index is -9.25. The van der Waals surface area contributed by atoms with Crippen molar-refractivity contribution in [3.8, 4) is 0 Å². The fraction of sp³-hybridized carbons (Fsp3) is 1.00. The van der Waals surface area contributed by atoms with E-state index in [9.17, 15) is 206 Å². The second-order valence-corrected chi connectivity index (χ2v) is 19.0. The van der Waals surface area contributed by atoms with E-state index in [1.165, 1.54) is 0 Å². The Morgan fingerprint density at radius 3 is 0.463 bits per heavy atom. The Balaban J connectivity index is 7.28. The predicted octanol–water partition coefficient (Wildman–Crippen LogP) is 19.0. The van der Waals surface area contributed by atoms with E-state index in [1.54, 1.807) is 0 Å². The molecule has 0 aliphatic carbocycles. The van der Waals surface area contributed by atoms with Crippen molar-refractivity contribution in [2.24, 2.45) is 0 Å². The van der Waals surface area contributed by atoms with Crippen LogP contribution in [0.1, 0.15) is 44.9 Å². The average Bonchev–Trinajstić information content (AvgIpc) is 3.22. The third kappa shape index (κ3) is 11.4. The zero-order valence-corrected chi connectivity index (χ0v) is 37.2. The molecule has 0 saturated carbocycles. The molecule has 0 saturated heterocycles. The molecular formula is C32H20F47P. The normalized spacial score (nSPS) is 17.1. The second-order valence-electron chi connectivity index (χ2n) is 16.3. The number of halogens is 47. The maximum atomic E-state index is 14.5. The first kappa shape index (κ1) is 77.1. The summed E-state index contributed by atoms with van der Waals surface area (Å²) in [5, 5.41) is 0. The summed E-state index contributed by atoms with van der Waals surface area (Å²) < 4.78 is 637. The Hall–Kier alpha value is -2.86. The second kappa shape index (κ2) is 21.3. The van der Waals surface area contributed by atoms with Crippen LogP contribution in [0.15, 0.2) is 0 Å². The summed E-state index contributed by atoms with van der Waals surface area (Å²) in [7, 11) is -3.65.